The minimum absolute atomic E-state index is 0.131. The lowest BCUT2D eigenvalue weighted by atomic mass is 9.71. The van der Waals surface area contributed by atoms with Crippen molar-refractivity contribution in [3.05, 3.63) is 58.8 Å². The van der Waals surface area contributed by atoms with Gasteiger partial charge in [0.05, 0.1) is 40.6 Å². The Morgan fingerprint density at radius 3 is 2.42 bits per heavy atom. The minimum Gasteiger partial charge on any atom is -0.493 e. The Morgan fingerprint density at radius 1 is 1.08 bits per heavy atom. The lowest BCUT2D eigenvalue weighted by Crippen LogP contribution is -2.30. The van der Waals surface area contributed by atoms with E-state index in [2.05, 4.69) is 10.1 Å². The minimum atomic E-state index is -0.725. The van der Waals surface area contributed by atoms with Crippen molar-refractivity contribution in [1.82, 2.24) is 9.78 Å². The van der Waals surface area contributed by atoms with Crippen LogP contribution in [0, 0.1) is 5.92 Å². The highest BCUT2D eigenvalue weighted by Gasteiger charge is 2.40. The number of aryl methyl sites for hydroxylation is 1. The summed E-state index contributed by atoms with van der Waals surface area (Å²) in [6, 6.07) is 9.35. The molecule has 10 nitrogen and oxygen atoms in total. The number of ether oxygens (including phenoxy) is 6. The third-order valence-corrected chi connectivity index (χ3v) is 6.77. The van der Waals surface area contributed by atoms with Gasteiger partial charge in [-0.2, -0.15) is 5.10 Å². The number of esters is 1. The molecule has 1 aromatic heterocycles. The molecule has 0 saturated heterocycles. The Bertz CT molecular complexity index is 1400. The van der Waals surface area contributed by atoms with E-state index in [1.54, 1.807) is 38.4 Å². The average molecular weight is 520 g/mol. The highest BCUT2D eigenvalue weighted by atomic mass is 16.7. The van der Waals surface area contributed by atoms with Crippen LogP contribution in [0.4, 0.5) is 5.82 Å². The van der Waals surface area contributed by atoms with Crippen LogP contribution in [0.1, 0.15) is 29.5 Å². The normalized spacial score (nSPS) is 17.7. The average Bonchev–Trinajstić information content (AvgIpc) is 3.61. The molecule has 0 spiro atoms. The summed E-state index contributed by atoms with van der Waals surface area (Å²) in [4.78, 5) is 18.1. The third kappa shape index (κ3) is 4.31. The molecule has 0 amide bonds. The molecule has 0 fully saturated rings. The van der Waals surface area contributed by atoms with Crippen molar-refractivity contribution < 1.29 is 33.2 Å². The number of hydrogen-bond donors (Lipinski definition) is 0. The number of carbonyl (C=O) groups is 1. The fourth-order valence-electron chi connectivity index (χ4n) is 5.00. The molecule has 3 aromatic rings. The molecule has 0 N–H and O–H groups in total. The molecular formula is C28H29N3O7. The van der Waals surface area contributed by atoms with Gasteiger partial charge in [-0.3, -0.25) is 4.79 Å². The summed E-state index contributed by atoms with van der Waals surface area (Å²) in [6.07, 6.45) is 5.32. The Kier molecular flexibility index (Phi) is 6.95. The molecule has 0 saturated carbocycles. The Balaban J connectivity index is 1.73. The van der Waals surface area contributed by atoms with Crippen LogP contribution in [0.25, 0.3) is 6.08 Å². The largest absolute Gasteiger partial charge is 0.493 e. The van der Waals surface area contributed by atoms with Gasteiger partial charge in [0.25, 0.3) is 0 Å². The Morgan fingerprint density at radius 2 is 1.79 bits per heavy atom. The van der Waals surface area contributed by atoms with Gasteiger partial charge in [-0.05, 0) is 59.5 Å². The topological polar surface area (TPSA) is 103 Å². The number of rotatable bonds is 8. The SMILES string of the molecule is CCn1nccc1N=CC1=Cc2cc3c(cc2C(c2cc(OC)c(OC)c(OC)c2)[C@@H]1C(=O)OC)OCO3. The van der Waals surface area contributed by atoms with E-state index >= 15 is 0 Å². The number of hydrogen-bond acceptors (Lipinski definition) is 9. The molecule has 0 radical (unpaired) electrons. The lowest BCUT2D eigenvalue weighted by molar-refractivity contribution is -0.144. The van der Waals surface area contributed by atoms with Gasteiger partial charge in [-0.1, -0.05) is 0 Å². The fourth-order valence-corrected chi connectivity index (χ4v) is 5.00. The summed E-state index contributed by atoms with van der Waals surface area (Å²) in [6.45, 7) is 2.79. The van der Waals surface area contributed by atoms with Gasteiger partial charge >= 0.3 is 5.97 Å². The van der Waals surface area contributed by atoms with E-state index in [1.807, 2.05) is 43.3 Å². The highest BCUT2D eigenvalue weighted by molar-refractivity contribution is 5.98. The Hall–Kier alpha value is -4.47. The molecule has 1 aliphatic heterocycles. The molecule has 2 heterocycles. The molecule has 2 atom stereocenters. The van der Waals surface area contributed by atoms with Gasteiger partial charge in [-0.15, -0.1) is 0 Å². The zero-order valence-electron chi connectivity index (χ0n) is 21.9. The van der Waals surface area contributed by atoms with Gasteiger partial charge in [0.1, 0.15) is 5.82 Å². The van der Waals surface area contributed by atoms with Crippen LogP contribution in [-0.4, -0.2) is 57.2 Å². The standard InChI is InChI=1S/C28H29N3O7/c1-6-31-24(7-8-30-31)29-14-18-9-16-10-20-21(38-15-37-20)13-19(16)25(26(18)28(32)36-5)17-11-22(33-2)27(35-4)23(12-17)34-3/h7-14,25-26H,6,15H2,1-5H3/t25?,26-/m1/s1. The van der Waals surface area contributed by atoms with E-state index in [0.717, 1.165) is 16.7 Å². The molecule has 38 heavy (non-hydrogen) atoms. The number of methoxy groups -OCH3 is 4. The summed E-state index contributed by atoms with van der Waals surface area (Å²) < 4.78 is 35.2. The predicted octanol–water partition coefficient (Wildman–Crippen LogP) is 4.38. The third-order valence-electron chi connectivity index (χ3n) is 6.77. The summed E-state index contributed by atoms with van der Waals surface area (Å²) in [5.41, 5.74) is 3.19. The van der Waals surface area contributed by atoms with E-state index in [4.69, 9.17) is 28.4 Å². The van der Waals surface area contributed by atoms with Crippen molar-refractivity contribution in [2.45, 2.75) is 19.4 Å². The van der Waals surface area contributed by atoms with Crippen molar-refractivity contribution in [3.63, 3.8) is 0 Å². The smallest absolute Gasteiger partial charge is 0.314 e. The zero-order valence-corrected chi connectivity index (χ0v) is 21.9. The van der Waals surface area contributed by atoms with Crippen LogP contribution < -0.4 is 23.7 Å². The number of nitrogens with zero attached hydrogens (tertiary/aromatic N) is 3. The first-order valence-electron chi connectivity index (χ1n) is 12.1. The van der Waals surface area contributed by atoms with Crippen molar-refractivity contribution in [2.75, 3.05) is 35.2 Å². The van der Waals surface area contributed by atoms with E-state index in [9.17, 15) is 4.79 Å². The monoisotopic (exact) mass is 519 g/mol. The fraction of sp³-hybridized carbons (Fsp3) is 0.321. The van der Waals surface area contributed by atoms with Gasteiger partial charge in [-0.25, -0.2) is 9.67 Å². The molecule has 10 heteroatoms. The van der Waals surface area contributed by atoms with Crippen molar-refractivity contribution in [2.24, 2.45) is 10.9 Å². The van der Waals surface area contributed by atoms with Crippen LogP contribution in [0.2, 0.25) is 0 Å². The second-order valence-electron chi connectivity index (χ2n) is 8.68. The number of aliphatic imine (C=N–C) groups is 1. The molecule has 198 valence electrons. The molecule has 2 aliphatic rings. The highest BCUT2D eigenvalue weighted by Crippen LogP contribution is 2.50. The van der Waals surface area contributed by atoms with Gasteiger partial charge in [0.2, 0.25) is 12.5 Å². The van der Waals surface area contributed by atoms with Crippen LogP contribution in [0.5, 0.6) is 28.7 Å². The van der Waals surface area contributed by atoms with Gasteiger partial charge in [0, 0.05) is 24.7 Å². The van der Waals surface area contributed by atoms with Crippen LogP contribution in [0.15, 0.2) is 47.1 Å². The quantitative estimate of drug-likeness (QED) is 0.319. The molecule has 1 unspecified atom stereocenters. The van der Waals surface area contributed by atoms with Crippen LogP contribution in [-0.2, 0) is 16.1 Å². The van der Waals surface area contributed by atoms with Gasteiger partial charge in [0.15, 0.2) is 23.0 Å². The number of fused-ring (bicyclic) bond motifs is 2. The van der Waals surface area contributed by atoms with Crippen molar-refractivity contribution in [1.29, 1.82) is 0 Å². The van der Waals surface area contributed by atoms with Crippen LogP contribution in [0.3, 0.4) is 0 Å². The second kappa shape index (κ2) is 10.5. The van der Waals surface area contributed by atoms with Crippen molar-refractivity contribution >= 4 is 24.1 Å². The van der Waals surface area contributed by atoms with Crippen molar-refractivity contribution in [3.8, 4) is 28.7 Å². The molecule has 5 rings (SSSR count). The van der Waals surface area contributed by atoms with Crippen LogP contribution >= 0.6 is 0 Å². The lowest BCUT2D eigenvalue weighted by Gasteiger charge is -2.32. The number of aromatic nitrogens is 2. The maximum Gasteiger partial charge on any atom is 0.314 e. The Labute approximate surface area is 220 Å². The van der Waals surface area contributed by atoms with Gasteiger partial charge < -0.3 is 28.4 Å². The number of benzene rings is 2. The first kappa shape index (κ1) is 25.2. The van der Waals surface area contributed by atoms with E-state index in [-0.39, 0.29) is 6.79 Å². The zero-order chi connectivity index (χ0) is 26.8. The summed E-state index contributed by atoms with van der Waals surface area (Å²) in [5, 5.41) is 4.28. The predicted molar refractivity (Wildman–Crippen MR) is 140 cm³/mol. The second-order valence-corrected chi connectivity index (χ2v) is 8.68. The van der Waals surface area contributed by atoms with E-state index in [1.165, 1.54) is 7.11 Å². The first-order chi connectivity index (χ1) is 18.5. The number of carbonyl (C=O) groups excluding carboxylic acids is 1. The summed E-state index contributed by atoms with van der Waals surface area (Å²) in [7, 11) is 6.04. The first-order valence-corrected chi connectivity index (χ1v) is 12.1. The summed E-state index contributed by atoms with van der Waals surface area (Å²) >= 11 is 0. The molecular weight excluding hydrogens is 490 g/mol. The van der Waals surface area contributed by atoms with E-state index in [0.29, 0.717) is 46.7 Å². The molecule has 1 aliphatic carbocycles. The molecule has 0 bridgehead atoms. The summed E-state index contributed by atoms with van der Waals surface area (Å²) in [5.74, 6) is 1.73. The van der Waals surface area contributed by atoms with E-state index < -0.39 is 17.8 Å². The molecule has 2 aromatic carbocycles. The maximum atomic E-state index is 13.4. The maximum absolute atomic E-state index is 13.4.